The van der Waals surface area contributed by atoms with Crippen molar-refractivity contribution in [2.24, 2.45) is 5.92 Å². The Morgan fingerprint density at radius 3 is 2.42 bits per heavy atom. The Labute approximate surface area is 182 Å². The second-order valence-corrected chi connectivity index (χ2v) is 7.57. The molecule has 0 radical (unpaired) electrons. The highest BCUT2D eigenvalue weighted by Crippen LogP contribution is 2.34. The van der Waals surface area contributed by atoms with Crippen molar-refractivity contribution in [3.05, 3.63) is 58.7 Å². The Balaban J connectivity index is 1.64. The molecule has 2 heterocycles. The van der Waals surface area contributed by atoms with E-state index in [0.717, 1.165) is 12.3 Å². The fourth-order valence-electron chi connectivity index (χ4n) is 3.47. The number of anilines is 1. The number of esters is 1. The lowest BCUT2D eigenvalue weighted by Crippen LogP contribution is -2.43. The number of halogens is 4. The van der Waals surface area contributed by atoms with Crippen molar-refractivity contribution in [3.63, 3.8) is 0 Å². The molecule has 1 aliphatic rings. The van der Waals surface area contributed by atoms with Crippen molar-refractivity contribution in [3.8, 4) is 0 Å². The monoisotopic (exact) mass is 455 g/mol. The topological polar surface area (TPSA) is 71.5 Å². The van der Waals surface area contributed by atoms with Crippen molar-refractivity contribution >= 4 is 29.3 Å². The average Bonchev–Trinajstić information content (AvgIpc) is 2.77. The fraction of sp³-hybridized carbons (Fsp3) is 0.381. The predicted molar refractivity (Wildman–Crippen MR) is 109 cm³/mol. The number of alkyl halides is 3. The zero-order valence-electron chi connectivity index (χ0n) is 16.7. The molecule has 2 aromatic rings. The summed E-state index contributed by atoms with van der Waals surface area (Å²) in [7, 11) is 1.25. The van der Waals surface area contributed by atoms with Crippen LogP contribution < -0.4 is 10.2 Å². The lowest BCUT2D eigenvalue weighted by molar-refractivity contribution is -0.146. The molecule has 10 heteroatoms. The number of amides is 1. The third-order valence-corrected chi connectivity index (χ3v) is 5.45. The Hall–Kier alpha value is -2.81. The molecule has 3 rings (SSSR count). The first kappa shape index (κ1) is 22.9. The maximum Gasteiger partial charge on any atom is 0.417 e. The normalized spacial score (nSPS) is 16.0. The van der Waals surface area contributed by atoms with E-state index in [0.29, 0.717) is 31.5 Å². The Morgan fingerprint density at radius 2 is 1.87 bits per heavy atom. The zero-order chi connectivity index (χ0) is 22.6. The van der Waals surface area contributed by atoms with Gasteiger partial charge in [0.2, 0.25) is 5.91 Å². The average molecular weight is 456 g/mol. The van der Waals surface area contributed by atoms with Crippen molar-refractivity contribution in [2.45, 2.75) is 25.1 Å². The number of carbonyl (C=O) groups is 2. The summed E-state index contributed by atoms with van der Waals surface area (Å²) in [4.78, 5) is 30.5. The molecule has 1 N–H and O–H groups in total. The fourth-order valence-corrected chi connectivity index (χ4v) is 3.76. The third kappa shape index (κ3) is 5.46. The van der Waals surface area contributed by atoms with Crippen LogP contribution in [0.3, 0.4) is 0 Å². The van der Waals surface area contributed by atoms with E-state index in [1.807, 2.05) is 0 Å². The van der Waals surface area contributed by atoms with E-state index >= 15 is 0 Å². The summed E-state index contributed by atoms with van der Waals surface area (Å²) in [6.45, 7) is 0.787. The highest BCUT2D eigenvalue weighted by atomic mass is 35.5. The zero-order valence-corrected chi connectivity index (χ0v) is 17.4. The second kappa shape index (κ2) is 9.55. The van der Waals surface area contributed by atoms with Crippen LogP contribution >= 0.6 is 11.6 Å². The lowest BCUT2D eigenvalue weighted by Gasteiger charge is -2.33. The van der Waals surface area contributed by atoms with Crippen LogP contribution in [0.25, 0.3) is 0 Å². The van der Waals surface area contributed by atoms with Gasteiger partial charge in [-0.05, 0) is 24.5 Å². The summed E-state index contributed by atoms with van der Waals surface area (Å²) in [5, 5.41) is 2.65. The number of benzene rings is 1. The van der Waals surface area contributed by atoms with Crippen LogP contribution in [-0.2, 0) is 20.5 Å². The van der Waals surface area contributed by atoms with Gasteiger partial charge in [-0.3, -0.25) is 4.79 Å². The van der Waals surface area contributed by atoms with Crippen molar-refractivity contribution in [1.82, 2.24) is 10.3 Å². The predicted octanol–water partition coefficient (Wildman–Crippen LogP) is 4.00. The van der Waals surface area contributed by atoms with Gasteiger partial charge in [-0.25, -0.2) is 9.78 Å². The number of nitrogens with one attached hydrogen (secondary N) is 1. The maximum atomic E-state index is 12.8. The number of hydrogen-bond acceptors (Lipinski definition) is 5. The molecule has 1 aromatic carbocycles. The number of piperidine rings is 1. The van der Waals surface area contributed by atoms with Gasteiger partial charge in [0.1, 0.15) is 5.82 Å². The number of carbonyl (C=O) groups excluding carboxylic acids is 2. The van der Waals surface area contributed by atoms with Crippen LogP contribution in [0.4, 0.5) is 19.0 Å². The molecule has 6 nitrogen and oxygen atoms in total. The summed E-state index contributed by atoms with van der Waals surface area (Å²) in [6.07, 6.45) is -2.89. The quantitative estimate of drug-likeness (QED) is 0.690. The number of aromatic nitrogens is 1. The van der Waals surface area contributed by atoms with Crippen LogP contribution in [-0.4, -0.2) is 37.1 Å². The minimum absolute atomic E-state index is 0.0902. The van der Waals surface area contributed by atoms with Gasteiger partial charge in [0.15, 0.2) is 6.04 Å². The molecule has 166 valence electrons. The SMILES string of the molecule is COC(=O)C(NC(=O)C1CCN(c2ncc(C(F)(F)F)cc2Cl)CC1)c1ccccc1. The summed E-state index contributed by atoms with van der Waals surface area (Å²) in [6, 6.07) is 8.71. The van der Waals surface area contributed by atoms with Crippen LogP contribution in [0.2, 0.25) is 5.02 Å². The molecule has 0 aliphatic carbocycles. The first-order valence-corrected chi connectivity index (χ1v) is 9.99. The first-order valence-electron chi connectivity index (χ1n) is 9.61. The van der Waals surface area contributed by atoms with Gasteiger partial charge < -0.3 is 15.0 Å². The van der Waals surface area contributed by atoms with Crippen LogP contribution in [0.15, 0.2) is 42.6 Å². The van der Waals surface area contributed by atoms with E-state index in [2.05, 4.69) is 10.3 Å². The number of nitrogens with zero attached hydrogens (tertiary/aromatic N) is 2. The molecule has 31 heavy (non-hydrogen) atoms. The minimum atomic E-state index is -4.52. The maximum absolute atomic E-state index is 12.8. The van der Waals surface area contributed by atoms with E-state index in [9.17, 15) is 22.8 Å². The molecule has 0 spiro atoms. The van der Waals surface area contributed by atoms with Crippen LogP contribution in [0.5, 0.6) is 0 Å². The number of hydrogen-bond donors (Lipinski definition) is 1. The first-order chi connectivity index (χ1) is 14.7. The summed E-state index contributed by atoms with van der Waals surface area (Å²) >= 11 is 6.02. The number of methoxy groups -OCH3 is 1. The van der Waals surface area contributed by atoms with Gasteiger partial charge in [-0.15, -0.1) is 0 Å². The van der Waals surface area contributed by atoms with Gasteiger partial charge in [-0.1, -0.05) is 41.9 Å². The van der Waals surface area contributed by atoms with Gasteiger partial charge in [0, 0.05) is 25.2 Å². The summed E-state index contributed by atoms with van der Waals surface area (Å²) in [5.41, 5.74) is -0.300. The van der Waals surface area contributed by atoms with Gasteiger partial charge >= 0.3 is 12.1 Å². The minimum Gasteiger partial charge on any atom is -0.467 e. The summed E-state index contributed by atoms with van der Waals surface area (Å²) in [5.74, 6) is -0.964. The smallest absolute Gasteiger partial charge is 0.417 e. The van der Waals surface area contributed by atoms with Gasteiger partial charge in [-0.2, -0.15) is 13.2 Å². The van der Waals surface area contributed by atoms with Crippen molar-refractivity contribution in [2.75, 3.05) is 25.1 Å². The Kier molecular flexibility index (Phi) is 7.04. The van der Waals surface area contributed by atoms with Crippen LogP contribution in [0.1, 0.15) is 30.0 Å². The van der Waals surface area contributed by atoms with Gasteiger partial charge in [0.05, 0.1) is 17.7 Å². The van der Waals surface area contributed by atoms with E-state index in [4.69, 9.17) is 16.3 Å². The molecule has 1 aliphatic heterocycles. The third-order valence-electron chi connectivity index (χ3n) is 5.17. The largest absolute Gasteiger partial charge is 0.467 e. The van der Waals surface area contributed by atoms with E-state index in [1.165, 1.54) is 7.11 Å². The van der Waals surface area contributed by atoms with E-state index in [-0.39, 0.29) is 22.7 Å². The highest BCUT2D eigenvalue weighted by molar-refractivity contribution is 6.33. The highest BCUT2D eigenvalue weighted by Gasteiger charge is 2.33. The molecule has 0 bridgehead atoms. The Morgan fingerprint density at radius 1 is 1.23 bits per heavy atom. The number of ether oxygens (including phenoxy) is 1. The molecule has 1 unspecified atom stereocenters. The Bertz CT molecular complexity index is 932. The van der Waals surface area contributed by atoms with Crippen molar-refractivity contribution in [1.29, 1.82) is 0 Å². The van der Waals surface area contributed by atoms with Gasteiger partial charge in [0.25, 0.3) is 0 Å². The number of pyridine rings is 1. The molecule has 1 amide bonds. The van der Waals surface area contributed by atoms with E-state index < -0.39 is 23.8 Å². The molecule has 1 saturated heterocycles. The second-order valence-electron chi connectivity index (χ2n) is 7.16. The standard InChI is InChI=1S/C21H21ClF3N3O3/c1-31-20(30)17(13-5-3-2-4-6-13)27-19(29)14-7-9-28(10-8-14)18-16(22)11-15(12-26-18)21(23,24)25/h2-6,11-12,14,17H,7-10H2,1H3,(H,27,29). The molecule has 1 atom stereocenters. The number of rotatable bonds is 5. The molecular formula is C21H21ClF3N3O3. The van der Waals surface area contributed by atoms with Crippen molar-refractivity contribution < 1.29 is 27.5 Å². The lowest BCUT2D eigenvalue weighted by atomic mass is 9.95. The summed E-state index contributed by atoms with van der Waals surface area (Å²) < 4.78 is 43.2. The van der Waals surface area contributed by atoms with E-state index in [1.54, 1.807) is 35.2 Å². The molecule has 1 aromatic heterocycles. The molecule has 0 saturated carbocycles. The molecular weight excluding hydrogens is 435 g/mol. The molecule has 1 fully saturated rings. The van der Waals surface area contributed by atoms with Crippen LogP contribution in [0, 0.1) is 5.92 Å².